The Morgan fingerprint density at radius 3 is 2.59 bits per heavy atom. The van der Waals surface area contributed by atoms with Gasteiger partial charge in [-0.3, -0.25) is 4.99 Å². The fourth-order valence-corrected chi connectivity index (χ4v) is 3.11. The van der Waals surface area contributed by atoms with Gasteiger partial charge in [0.15, 0.2) is 17.5 Å². The molecule has 0 saturated carbocycles. The van der Waals surface area contributed by atoms with Crippen LogP contribution in [0.1, 0.15) is 39.5 Å². The molecular weight excluding hydrogens is 455 g/mol. The Bertz CT molecular complexity index is 563. The van der Waals surface area contributed by atoms with Crippen molar-refractivity contribution in [2.45, 2.75) is 39.5 Å². The number of benzene rings is 1. The number of nitrogens with zero attached hydrogens (tertiary/aromatic N) is 2. The molecule has 154 valence electrons. The van der Waals surface area contributed by atoms with Crippen molar-refractivity contribution >= 4 is 35.6 Å². The third-order valence-corrected chi connectivity index (χ3v) is 4.42. The lowest BCUT2D eigenvalue weighted by molar-refractivity contribution is 0.311. The van der Waals surface area contributed by atoms with Crippen LogP contribution in [0.2, 0.25) is 0 Å². The number of ether oxygens (including phenoxy) is 2. The van der Waals surface area contributed by atoms with Crippen LogP contribution in [0.25, 0.3) is 0 Å². The predicted molar refractivity (Wildman–Crippen MR) is 124 cm³/mol. The lowest BCUT2D eigenvalue weighted by Gasteiger charge is -2.15. The molecule has 6 nitrogen and oxygen atoms in total. The molecule has 1 aromatic carbocycles. The minimum Gasteiger partial charge on any atom is -0.493 e. The Morgan fingerprint density at radius 1 is 1.15 bits per heavy atom. The highest BCUT2D eigenvalue weighted by Crippen LogP contribution is 2.30. The maximum absolute atomic E-state index is 5.64. The normalized spacial score (nSPS) is 14.6. The van der Waals surface area contributed by atoms with Crippen molar-refractivity contribution in [2.75, 3.05) is 51.8 Å². The van der Waals surface area contributed by atoms with Gasteiger partial charge in [-0.2, -0.15) is 0 Å². The molecule has 0 bridgehead atoms. The Hall–Kier alpha value is -1.22. The summed E-state index contributed by atoms with van der Waals surface area (Å²) in [5, 5.41) is 6.65. The van der Waals surface area contributed by atoms with Crippen LogP contribution in [-0.2, 0) is 0 Å². The first-order valence-corrected chi connectivity index (χ1v) is 9.85. The lowest BCUT2D eigenvalue weighted by Crippen LogP contribution is -2.30. The molecule has 0 radical (unpaired) electrons. The minimum absolute atomic E-state index is 0. The number of aliphatic imine (C=N–C) groups is 1. The number of likely N-dealkylation sites (tertiary alicyclic amines) is 1. The second-order valence-electron chi connectivity index (χ2n) is 6.44. The number of guanidine groups is 1. The van der Waals surface area contributed by atoms with Crippen molar-refractivity contribution in [3.05, 3.63) is 18.2 Å². The van der Waals surface area contributed by atoms with Crippen LogP contribution in [0.5, 0.6) is 11.5 Å². The van der Waals surface area contributed by atoms with Gasteiger partial charge in [0.25, 0.3) is 0 Å². The summed E-state index contributed by atoms with van der Waals surface area (Å²) in [5.74, 6) is 2.28. The van der Waals surface area contributed by atoms with Gasteiger partial charge in [-0.1, -0.05) is 0 Å². The van der Waals surface area contributed by atoms with E-state index in [9.17, 15) is 0 Å². The van der Waals surface area contributed by atoms with E-state index in [1.54, 1.807) is 7.11 Å². The minimum atomic E-state index is 0. The summed E-state index contributed by atoms with van der Waals surface area (Å²) in [5.41, 5.74) is 0.936. The summed E-state index contributed by atoms with van der Waals surface area (Å²) < 4.78 is 11.0. The van der Waals surface area contributed by atoms with Gasteiger partial charge in [0.1, 0.15) is 0 Å². The Balaban J connectivity index is 0.00000364. The third-order valence-electron chi connectivity index (χ3n) is 4.42. The summed E-state index contributed by atoms with van der Waals surface area (Å²) in [6, 6.07) is 5.83. The fourth-order valence-electron chi connectivity index (χ4n) is 3.11. The maximum atomic E-state index is 5.64. The van der Waals surface area contributed by atoms with Crippen LogP contribution in [0.4, 0.5) is 5.69 Å². The van der Waals surface area contributed by atoms with Gasteiger partial charge in [0, 0.05) is 24.8 Å². The Kier molecular flexibility index (Phi) is 12.2. The fraction of sp³-hybridized carbons (Fsp3) is 0.650. The highest BCUT2D eigenvalue weighted by Gasteiger charge is 2.10. The molecule has 2 rings (SSSR count). The smallest absolute Gasteiger partial charge is 0.195 e. The van der Waals surface area contributed by atoms with Crippen molar-refractivity contribution in [1.82, 2.24) is 10.2 Å². The number of hydrogen-bond acceptors (Lipinski definition) is 4. The van der Waals surface area contributed by atoms with Gasteiger partial charge < -0.3 is 25.0 Å². The molecule has 7 heteroatoms. The van der Waals surface area contributed by atoms with Crippen LogP contribution < -0.4 is 20.1 Å². The maximum Gasteiger partial charge on any atom is 0.195 e. The van der Waals surface area contributed by atoms with E-state index in [-0.39, 0.29) is 24.0 Å². The van der Waals surface area contributed by atoms with E-state index in [0.29, 0.717) is 6.61 Å². The number of hydrogen-bond donors (Lipinski definition) is 2. The van der Waals surface area contributed by atoms with Crippen molar-refractivity contribution in [3.8, 4) is 11.5 Å². The van der Waals surface area contributed by atoms with E-state index in [0.717, 1.165) is 42.7 Å². The second-order valence-corrected chi connectivity index (χ2v) is 6.44. The van der Waals surface area contributed by atoms with Gasteiger partial charge >= 0.3 is 0 Å². The summed E-state index contributed by atoms with van der Waals surface area (Å²) in [7, 11) is 1.65. The first-order valence-electron chi connectivity index (χ1n) is 9.85. The quantitative estimate of drug-likeness (QED) is 0.225. The van der Waals surface area contributed by atoms with Gasteiger partial charge in [0.05, 0.1) is 13.7 Å². The molecule has 0 aliphatic carbocycles. The van der Waals surface area contributed by atoms with Crippen molar-refractivity contribution in [3.63, 3.8) is 0 Å². The van der Waals surface area contributed by atoms with Crippen LogP contribution in [0.3, 0.4) is 0 Å². The van der Waals surface area contributed by atoms with E-state index in [4.69, 9.17) is 14.5 Å². The topological polar surface area (TPSA) is 58.1 Å². The molecule has 1 fully saturated rings. The van der Waals surface area contributed by atoms with E-state index < -0.39 is 0 Å². The van der Waals surface area contributed by atoms with Gasteiger partial charge in [-0.05, 0) is 71.3 Å². The van der Waals surface area contributed by atoms with E-state index in [1.807, 2.05) is 25.1 Å². The number of halogens is 1. The Labute approximate surface area is 181 Å². The van der Waals surface area contributed by atoms with Crippen LogP contribution in [-0.4, -0.2) is 57.3 Å². The predicted octanol–water partition coefficient (Wildman–Crippen LogP) is 3.97. The molecule has 1 aliphatic rings. The number of anilines is 1. The monoisotopic (exact) mass is 490 g/mol. The number of methoxy groups -OCH3 is 1. The molecule has 1 aliphatic heterocycles. The molecule has 1 heterocycles. The lowest BCUT2D eigenvalue weighted by atomic mass is 10.2. The molecule has 0 atom stereocenters. The van der Waals surface area contributed by atoms with Gasteiger partial charge in [0.2, 0.25) is 0 Å². The molecule has 1 aromatic rings. The highest BCUT2D eigenvalue weighted by atomic mass is 127. The summed E-state index contributed by atoms with van der Waals surface area (Å²) in [6.45, 7) is 10.0. The van der Waals surface area contributed by atoms with Crippen molar-refractivity contribution in [2.24, 2.45) is 4.99 Å². The molecule has 0 aromatic heterocycles. The van der Waals surface area contributed by atoms with Crippen LogP contribution in [0.15, 0.2) is 23.2 Å². The zero-order chi connectivity index (χ0) is 18.6. The highest BCUT2D eigenvalue weighted by molar-refractivity contribution is 14.0. The van der Waals surface area contributed by atoms with Gasteiger partial charge in [-0.25, -0.2) is 0 Å². The van der Waals surface area contributed by atoms with Crippen molar-refractivity contribution < 1.29 is 9.47 Å². The molecule has 2 N–H and O–H groups in total. The standard InChI is InChI=1S/C20H34N4O2.HI/c1-4-21-20(22-12-6-7-13-24-14-8-9-15-24)23-17-10-11-18(25-3)19(16-17)26-5-2;/h10-11,16H,4-9,12-15H2,1-3H3,(H2,21,22,23);1H. The third kappa shape index (κ3) is 8.55. The molecule has 0 amide bonds. The molecular formula is C20H35IN4O2. The largest absolute Gasteiger partial charge is 0.493 e. The molecule has 0 unspecified atom stereocenters. The molecule has 1 saturated heterocycles. The van der Waals surface area contributed by atoms with E-state index in [1.165, 1.54) is 38.9 Å². The average molecular weight is 490 g/mol. The number of nitrogens with one attached hydrogen (secondary N) is 2. The van der Waals surface area contributed by atoms with E-state index in [2.05, 4.69) is 22.5 Å². The zero-order valence-electron chi connectivity index (χ0n) is 16.9. The molecule has 27 heavy (non-hydrogen) atoms. The van der Waals surface area contributed by atoms with Gasteiger partial charge in [-0.15, -0.1) is 24.0 Å². The van der Waals surface area contributed by atoms with Crippen LogP contribution in [0, 0.1) is 0 Å². The SMILES string of the molecule is CCNC(=NCCCCN1CCCC1)Nc1ccc(OC)c(OCC)c1.I. The molecule has 0 spiro atoms. The van der Waals surface area contributed by atoms with E-state index >= 15 is 0 Å². The van der Waals surface area contributed by atoms with Crippen LogP contribution >= 0.6 is 24.0 Å². The number of unbranched alkanes of at least 4 members (excludes halogenated alkanes) is 1. The number of rotatable bonds is 10. The summed E-state index contributed by atoms with van der Waals surface area (Å²) in [6.07, 6.45) is 5.04. The average Bonchev–Trinajstić information content (AvgIpc) is 3.15. The zero-order valence-corrected chi connectivity index (χ0v) is 19.3. The summed E-state index contributed by atoms with van der Waals surface area (Å²) in [4.78, 5) is 7.25. The Morgan fingerprint density at radius 2 is 1.93 bits per heavy atom. The first kappa shape index (κ1) is 23.8. The summed E-state index contributed by atoms with van der Waals surface area (Å²) >= 11 is 0. The first-order chi connectivity index (χ1) is 12.8. The second kappa shape index (κ2) is 13.9. The van der Waals surface area contributed by atoms with Crippen molar-refractivity contribution in [1.29, 1.82) is 0 Å².